The molecule has 7 rings (SSSR count). The van der Waals surface area contributed by atoms with Crippen molar-refractivity contribution in [2.75, 3.05) is 39.4 Å². The Hall–Kier alpha value is -6.12. The lowest BCUT2D eigenvalue weighted by Gasteiger charge is -2.43. The largest absolute Gasteiger partial charge is 0.497 e. The van der Waals surface area contributed by atoms with E-state index in [1.807, 2.05) is 84.9 Å². The number of methoxy groups -OCH3 is 2. The van der Waals surface area contributed by atoms with Crippen molar-refractivity contribution in [3.63, 3.8) is 0 Å². The minimum Gasteiger partial charge on any atom is -0.497 e. The number of imidazole rings is 1. The number of benzene rings is 4. The Morgan fingerprint density at radius 1 is 0.802 bits per heavy atom. The van der Waals surface area contributed by atoms with Gasteiger partial charge in [-0.1, -0.05) is 113 Å². The lowest BCUT2D eigenvalue weighted by molar-refractivity contribution is -0.0928. The molecule has 5 atom stereocenters. The molecule has 21 heteroatoms. The third kappa shape index (κ3) is 15.3. The molecule has 0 saturated carbocycles. The summed E-state index contributed by atoms with van der Waals surface area (Å²) in [6.45, 7) is 26.1. The number of ether oxygens (including phenoxy) is 5. The fourth-order valence-electron chi connectivity index (χ4n) is 9.25. The fourth-order valence-corrected chi connectivity index (χ4v) is 13.0. The summed E-state index contributed by atoms with van der Waals surface area (Å²) in [5.41, 5.74) is 2.19. The lowest BCUT2D eigenvalue weighted by Crippen LogP contribution is -2.51. The standard InChI is InChI=1S/C60H81N8O10PSi2/c1-41(2)68(42(3)4)79(75-35-21-34-61)77-53-52(78-81(13,14)59(5,6)7)49(39-74-60(44-24-19-16-20-25-44,45-26-30-47(71-8)31-27-45)46-28-32-48(72-9)33-29-46)76-57(53)67-40-63-51-54(66-56(69)43-22-17-15-18-23-43)64-50(65-55(51)67)38-62-58(70)73-36-37-80(10,11)12/h15-20,22-33,40-42,49,52-53,57H,21,35-39H2,1-14H3,(H,62,70)(H,64,65,66,69)/t49-,52-,53-,57-,79?/m1/s1. The van der Waals surface area contributed by atoms with Gasteiger partial charge in [-0.25, -0.2) is 24.4 Å². The minimum atomic E-state index is -2.75. The van der Waals surface area contributed by atoms with Crippen LogP contribution in [-0.2, 0) is 39.8 Å². The van der Waals surface area contributed by atoms with Crippen LogP contribution in [0.2, 0.25) is 43.8 Å². The molecular formula is C60H81N8O10PSi2. The Balaban J connectivity index is 1.43. The first-order valence-corrected chi connectivity index (χ1v) is 35.3. The number of nitrogens with zero attached hydrogens (tertiary/aromatic N) is 6. The van der Waals surface area contributed by atoms with Gasteiger partial charge in [0.1, 0.15) is 35.4 Å². The van der Waals surface area contributed by atoms with E-state index in [0.29, 0.717) is 17.1 Å². The lowest BCUT2D eigenvalue weighted by atomic mass is 9.80. The highest BCUT2D eigenvalue weighted by molar-refractivity contribution is 7.44. The quantitative estimate of drug-likeness (QED) is 0.0224. The van der Waals surface area contributed by atoms with Crippen LogP contribution in [-0.4, -0.2) is 117 Å². The van der Waals surface area contributed by atoms with E-state index in [-0.39, 0.29) is 72.7 Å². The molecular weight excluding hydrogens is 1080 g/mol. The summed E-state index contributed by atoms with van der Waals surface area (Å²) in [7, 11) is -2.90. The number of fused-ring (bicyclic) bond motifs is 1. The van der Waals surface area contributed by atoms with Crippen molar-refractivity contribution in [1.82, 2.24) is 29.5 Å². The summed E-state index contributed by atoms with van der Waals surface area (Å²) in [5, 5.41) is 15.3. The number of nitriles is 1. The number of carbonyl (C=O) groups excluding carboxylic acids is 2. The molecule has 18 nitrogen and oxygen atoms in total. The second-order valence-electron chi connectivity index (χ2n) is 23.3. The zero-order valence-electron chi connectivity index (χ0n) is 49.4. The van der Waals surface area contributed by atoms with E-state index in [4.69, 9.17) is 52.1 Å². The number of hydrogen-bond acceptors (Lipinski definition) is 15. The predicted molar refractivity (Wildman–Crippen MR) is 320 cm³/mol. The molecule has 3 heterocycles. The summed E-state index contributed by atoms with van der Waals surface area (Å²) >= 11 is 0. The molecule has 0 radical (unpaired) electrons. The van der Waals surface area contributed by atoms with Gasteiger partial charge in [0.05, 0.1) is 59.4 Å². The van der Waals surface area contributed by atoms with E-state index in [1.165, 1.54) is 0 Å². The third-order valence-electron chi connectivity index (χ3n) is 14.5. The Morgan fingerprint density at radius 2 is 1.38 bits per heavy atom. The molecule has 434 valence electrons. The van der Waals surface area contributed by atoms with E-state index in [0.717, 1.165) is 22.7 Å². The zero-order valence-corrected chi connectivity index (χ0v) is 52.3. The van der Waals surface area contributed by atoms with Gasteiger partial charge in [-0.2, -0.15) is 5.26 Å². The van der Waals surface area contributed by atoms with Crippen LogP contribution in [0.3, 0.4) is 0 Å². The van der Waals surface area contributed by atoms with Crippen LogP contribution >= 0.6 is 8.53 Å². The van der Waals surface area contributed by atoms with Gasteiger partial charge in [0.2, 0.25) is 0 Å². The second-order valence-corrected chi connectivity index (χ2v) is 35.1. The molecule has 1 aliphatic heterocycles. The molecule has 1 unspecified atom stereocenters. The molecule has 1 fully saturated rings. The van der Waals surface area contributed by atoms with Crippen LogP contribution in [0.4, 0.5) is 10.6 Å². The van der Waals surface area contributed by atoms with Gasteiger partial charge >= 0.3 is 6.09 Å². The van der Waals surface area contributed by atoms with Crippen molar-refractivity contribution >= 4 is 53.9 Å². The molecule has 2 N–H and O–H groups in total. The van der Waals surface area contributed by atoms with Gasteiger partial charge in [-0.15, -0.1) is 0 Å². The fraction of sp³-hybridized carbons (Fsp3) is 0.467. The second kappa shape index (κ2) is 27.3. The highest BCUT2D eigenvalue weighted by Crippen LogP contribution is 2.53. The Bertz CT molecular complexity index is 2990. The van der Waals surface area contributed by atoms with Gasteiger partial charge < -0.3 is 47.8 Å². The van der Waals surface area contributed by atoms with Crippen molar-refractivity contribution in [1.29, 1.82) is 5.26 Å². The number of nitrogens with one attached hydrogen (secondary N) is 2. The van der Waals surface area contributed by atoms with Crippen molar-refractivity contribution in [3.8, 4) is 17.6 Å². The number of amides is 2. The van der Waals surface area contributed by atoms with Crippen molar-refractivity contribution < 1.29 is 46.7 Å². The van der Waals surface area contributed by atoms with Gasteiger partial charge in [-0.05, 0) is 105 Å². The van der Waals surface area contributed by atoms with E-state index in [1.54, 1.807) is 49.4 Å². The zero-order chi connectivity index (χ0) is 58.7. The third-order valence-corrected chi connectivity index (χ3v) is 22.8. The first-order chi connectivity index (χ1) is 38.5. The summed E-state index contributed by atoms with van der Waals surface area (Å²) in [4.78, 5) is 41.9. The number of aromatic nitrogens is 4. The number of rotatable bonds is 26. The Kier molecular flexibility index (Phi) is 21.1. The number of carbonyl (C=O) groups is 2. The molecule has 2 aromatic heterocycles. The highest BCUT2D eigenvalue weighted by atomic mass is 31.2. The predicted octanol–water partition coefficient (Wildman–Crippen LogP) is 12.6. The van der Waals surface area contributed by atoms with Crippen molar-refractivity contribution in [2.24, 2.45) is 0 Å². The van der Waals surface area contributed by atoms with Crippen molar-refractivity contribution in [2.45, 2.75) is 147 Å². The van der Waals surface area contributed by atoms with Gasteiger partial charge in [0.25, 0.3) is 14.4 Å². The SMILES string of the molecule is COc1ccc(C(OC[C@H]2O[C@@H](n3cnc4c(NC(=O)c5ccccc5)nc(CNC(=O)OCC[Si](C)(C)C)nc43)[C@H](OP(OCCC#N)N(C(C)C)C(C)C)[C@@H]2O[Si](C)(C)C(C)(C)C)(c2ccccc2)c2ccc(OC)cc2)cc1. The number of anilines is 1. The van der Waals surface area contributed by atoms with Gasteiger partial charge in [0, 0.05) is 25.7 Å². The normalized spacial score (nSPS) is 17.3. The summed E-state index contributed by atoms with van der Waals surface area (Å²) in [6.07, 6.45) is -2.56. The molecule has 6 aromatic rings. The number of alkyl carbamates (subject to hydrolysis) is 1. The summed E-state index contributed by atoms with van der Waals surface area (Å²) < 4.78 is 57.8. The average molecular weight is 1160 g/mol. The summed E-state index contributed by atoms with van der Waals surface area (Å²) in [6, 6.07) is 37.5. The number of hydrogen-bond donors (Lipinski definition) is 2. The first kappa shape index (κ1) is 62.5. The van der Waals surface area contributed by atoms with Crippen LogP contribution < -0.4 is 20.1 Å². The van der Waals surface area contributed by atoms with Crippen LogP contribution in [0, 0.1) is 11.3 Å². The molecule has 1 saturated heterocycles. The molecule has 4 aromatic carbocycles. The molecule has 0 aliphatic carbocycles. The Morgan fingerprint density at radius 3 is 1.93 bits per heavy atom. The molecule has 0 bridgehead atoms. The van der Waals surface area contributed by atoms with Gasteiger partial charge in [0.15, 0.2) is 37.4 Å². The smallest absolute Gasteiger partial charge is 0.407 e. The molecule has 0 spiro atoms. The average Bonchev–Trinajstić information content (AvgIpc) is 4.09. The maximum atomic E-state index is 14.0. The maximum Gasteiger partial charge on any atom is 0.407 e. The van der Waals surface area contributed by atoms with E-state index < -0.39 is 67.1 Å². The molecule has 81 heavy (non-hydrogen) atoms. The van der Waals surface area contributed by atoms with Gasteiger partial charge in [-0.3, -0.25) is 9.36 Å². The van der Waals surface area contributed by atoms with E-state index >= 15 is 0 Å². The minimum absolute atomic E-state index is 0.0388. The highest BCUT2D eigenvalue weighted by Gasteiger charge is 2.55. The Labute approximate surface area is 481 Å². The first-order valence-electron chi connectivity index (χ1n) is 27.6. The topological polar surface area (TPSA) is 203 Å². The van der Waals surface area contributed by atoms with E-state index in [2.05, 4.69) is 103 Å². The monoisotopic (exact) mass is 1160 g/mol. The summed E-state index contributed by atoms with van der Waals surface area (Å²) in [5.74, 6) is 1.22. The maximum absolute atomic E-state index is 14.0. The molecule has 2 amide bonds. The van der Waals surface area contributed by atoms with Crippen LogP contribution in [0.25, 0.3) is 11.2 Å². The van der Waals surface area contributed by atoms with E-state index in [9.17, 15) is 14.9 Å². The van der Waals surface area contributed by atoms with Crippen LogP contribution in [0.15, 0.2) is 116 Å². The van der Waals surface area contributed by atoms with Crippen LogP contribution in [0.5, 0.6) is 11.5 Å². The van der Waals surface area contributed by atoms with Crippen LogP contribution in [0.1, 0.15) is 94.0 Å². The molecule has 1 aliphatic rings. The van der Waals surface area contributed by atoms with Crippen molar-refractivity contribution in [3.05, 3.63) is 144 Å².